The van der Waals surface area contributed by atoms with Crippen molar-refractivity contribution in [2.75, 3.05) is 0 Å². The number of carboxylic acid groups (broad SMARTS) is 2. The summed E-state index contributed by atoms with van der Waals surface area (Å²) in [5, 5.41) is 18.3. The number of carboxylic acids is 2. The zero-order valence-corrected chi connectivity index (χ0v) is 11.0. The molecule has 0 bridgehead atoms. The van der Waals surface area contributed by atoms with Crippen LogP contribution in [0.5, 0.6) is 0 Å². The van der Waals surface area contributed by atoms with E-state index in [-0.39, 0.29) is 11.1 Å². The second-order valence-electron chi connectivity index (χ2n) is 4.38. The molecule has 0 aliphatic carbocycles. The Bertz CT molecular complexity index is 674. The van der Waals surface area contributed by atoms with Crippen LogP contribution in [0.25, 0.3) is 11.1 Å². The van der Waals surface area contributed by atoms with E-state index >= 15 is 0 Å². The van der Waals surface area contributed by atoms with E-state index in [1.54, 1.807) is 0 Å². The van der Waals surface area contributed by atoms with E-state index < -0.39 is 11.9 Å². The Kier molecular flexibility index (Phi) is 3.84. The Morgan fingerprint density at radius 3 is 2.25 bits per heavy atom. The molecule has 0 atom stereocenters. The molecule has 2 aromatic rings. The largest absolute Gasteiger partial charge is 0.478 e. The van der Waals surface area contributed by atoms with Crippen LogP contribution in [0.3, 0.4) is 0 Å². The van der Waals surface area contributed by atoms with Gasteiger partial charge in [0.25, 0.3) is 0 Å². The molecule has 102 valence electrons. The van der Waals surface area contributed by atoms with Gasteiger partial charge >= 0.3 is 11.9 Å². The van der Waals surface area contributed by atoms with Gasteiger partial charge in [0.15, 0.2) is 0 Å². The number of carbonyl (C=O) groups is 2. The van der Waals surface area contributed by atoms with Gasteiger partial charge in [-0.2, -0.15) is 0 Å². The van der Waals surface area contributed by atoms with Gasteiger partial charge in [-0.05, 0) is 41.3 Å². The smallest absolute Gasteiger partial charge is 0.336 e. The first-order valence-electron chi connectivity index (χ1n) is 6.23. The van der Waals surface area contributed by atoms with Gasteiger partial charge in [-0.1, -0.05) is 31.2 Å². The molecule has 0 heterocycles. The predicted molar refractivity (Wildman–Crippen MR) is 75.2 cm³/mol. The van der Waals surface area contributed by atoms with Gasteiger partial charge in [-0.15, -0.1) is 0 Å². The van der Waals surface area contributed by atoms with Crippen LogP contribution in [-0.4, -0.2) is 22.2 Å². The maximum Gasteiger partial charge on any atom is 0.336 e. The van der Waals surface area contributed by atoms with Crippen molar-refractivity contribution in [3.63, 3.8) is 0 Å². The first kappa shape index (κ1) is 13.8. The van der Waals surface area contributed by atoms with Crippen LogP contribution in [0.1, 0.15) is 33.2 Å². The van der Waals surface area contributed by atoms with E-state index in [0.717, 1.165) is 17.5 Å². The summed E-state index contributed by atoms with van der Waals surface area (Å²) in [5.41, 5.74) is 2.37. The highest BCUT2D eigenvalue weighted by atomic mass is 16.4. The summed E-state index contributed by atoms with van der Waals surface area (Å²) in [6, 6.07) is 11.5. The molecule has 0 spiro atoms. The average Bonchev–Trinajstić information content (AvgIpc) is 2.46. The molecule has 0 radical (unpaired) electrons. The summed E-state index contributed by atoms with van der Waals surface area (Å²) in [6.45, 7) is 1.97. The molecule has 20 heavy (non-hydrogen) atoms. The summed E-state index contributed by atoms with van der Waals surface area (Å²) >= 11 is 0. The molecule has 0 aromatic heterocycles. The van der Waals surface area contributed by atoms with Crippen molar-refractivity contribution in [1.82, 2.24) is 0 Å². The Balaban J connectivity index is 2.72. The van der Waals surface area contributed by atoms with Crippen LogP contribution >= 0.6 is 0 Å². The fourth-order valence-electron chi connectivity index (χ4n) is 2.18. The molecule has 4 nitrogen and oxygen atoms in total. The van der Waals surface area contributed by atoms with Crippen LogP contribution in [-0.2, 0) is 6.42 Å². The fourth-order valence-corrected chi connectivity index (χ4v) is 2.18. The zero-order valence-electron chi connectivity index (χ0n) is 11.0. The molecule has 0 saturated carbocycles. The second kappa shape index (κ2) is 5.57. The Labute approximate surface area is 116 Å². The summed E-state index contributed by atoms with van der Waals surface area (Å²) in [7, 11) is 0. The number of rotatable bonds is 4. The topological polar surface area (TPSA) is 74.6 Å². The number of hydrogen-bond donors (Lipinski definition) is 2. The molecule has 0 aliphatic rings. The highest BCUT2D eigenvalue weighted by Gasteiger charge is 2.16. The Hall–Kier alpha value is -2.62. The van der Waals surface area contributed by atoms with Crippen molar-refractivity contribution in [2.45, 2.75) is 13.3 Å². The maximum absolute atomic E-state index is 11.3. The molecule has 0 amide bonds. The van der Waals surface area contributed by atoms with Crippen molar-refractivity contribution in [1.29, 1.82) is 0 Å². The molecular formula is C16H14O4. The van der Waals surface area contributed by atoms with Crippen molar-refractivity contribution >= 4 is 11.9 Å². The van der Waals surface area contributed by atoms with Crippen LogP contribution < -0.4 is 0 Å². The van der Waals surface area contributed by atoms with Crippen molar-refractivity contribution < 1.29 is 19.8 Å². The van der Waals surface area contributed by atoms with Gasteiger partial charge in [0.1, 0.15) is 0 Å². The first-order chi connectivity index (χ1) is 9.54. The lowest BCUT2D eigenvalue weighted by molar-refractivity contribution is 0.0682. The third-order valence-corrected chi connectivity index (χ3v) is 3.19. The molecule has 0 aliphatic heterocycles. The Morgan fingerprint density at radius 1 is 0.950 bits per heavy atom. The summed E-state index contributed by atoms with van der Waals surface area (Å²) in [4.78, 5) is 22.4. The Morgan fingerprint density at radius 2 is 1.65 bits per heavy atom. The normalized spacial score (nSPS) is 10.2. The van der Waals surface area contributed by atoms with Crippen LogP contribution in [0.2, 0.25) is 0 Å². The van der Waals surface area contributed by atoms with Gasteiger partial charge in [-0.25, -0.2) is 9.59 Å². The minimum absolute atomic E-state index is 0.0795. The number of benzene rings is 2. The summed E-state index contributed by atoms with van der Waals surface area (Å²) in [6.07, 6.45) is 0.743. The van der Waals surface area contributed by atoms with Gasteiger partial charge < -0.3 is 10.2 Å². The molecule has 2 aromatic carbocycles. The number of aryl methyl sites for hydroxylation is 1. The molecule has 2 rings (SSSR count). The van der Waals surface area contributed by atoms with Crippen molar-refractivity contribution in [3.05, 3.63) is 59.2 Å². The third kappa shape index (κ3) is 2.54. The highest BCUT2D eigenvalue weighted by Crippen LogP contribution is 2.29. The lowest BCUT2D eigenvalue weighted by Gasteiger charge is -2.11. The maximum atomic E-state index is 11.3. The molecule has 2 N–H and O–H groups in total. The molecule has 0 saturated heterocycles. The second-order valence-corrected chi connectivity index (χ2v) is 4.38. The third-order valence-electron chi connectivity index (χ3n) is 3.19. The van der Waals surface area contributed by atoms with Gasteiger partial charge in [-0.3, -0.25) is 0 Å². The van der Waals surface area contributed by atoms with E-state index in [0.29, 0.717) is 5.56 Å². The molecular weight excluding hydrogens is 256 g/mol. The van der Waals surface area contributed by atoms with Crippen molar-refractivity contribution in [3.8, 4) is 11.1 Å². The molecule has 4 heteroatoms. The van der Waals surface area contributed by atoms with E-state index in [9.17, 15) is 14.7 Å². The van der Waals surface area contributed by atoms with Gasteiger partial charge in [0.2, 0.25) is 0 Å². The van der Waals surface area contributed by atoms with E-state index in [4.69, 9.17) is 5.11 Å². The van der Waals surface area contributed by atoms with Crippen LogP contribution in [0, 0.1) is 0 Å². The number of aromatic carboxylic acids is 2. The minimum Gasteiger partial charge on any atom is -0.478 e. The predicted octanol–water partition coefficient (Wildman–Crippen LogP) is 3.31. The minimum atomic E-state index is -1.07. The van der Waals surface area contributed by atoms with Gasteiger partial charge in [0.05, 0.1) is 11.1 Å². The first-order valence-corrected chi connectivity index (χ1v) is 6.23. The van der Waals surface area contributed by atoms with Crippen LogP contribution in [0.15, 0.2) is 42.5 Å². The quantitative estimate of drug-likeness (QED) is 0.893. The molecule has 0 unspecified atom stereocenters. The standard InChI is InChI=1S/C16H14O4/c1-2-10-5-3-4-6-12(10)14-9-11(15(17)18)7-8-13(14)16(19)20/h3-9H,2H2,1H3,(H,17,18)(H,19,20). The van der Waals surface area contributed by atoms with E-state index in [1.165, 1.54) is 18.2 Å². The highest BCUT2D eigenvalue weighted by molar-refractivity contribution is 5.99. The summed E-state index contributed by atoms with van der Waals surface area (Å²) in [5.74, 6) is -2.14. The SMILES string of the molecule is CCc1ccccc1-c1cc(C(=O)O)ccc1C(=O)O. The van der Waals surface area contributed by atoms with Crippen molar-refractivity contribution in [2.24, 2.45) is 0 Å². The average molecular weight is 270 g/mol. The lowest BCUT2D eigenvalue weighted by atomic mass is 9.93. The summed E-state index contributed by atoms with van der Waals surface area (Å²) < 4.78 is 0. The fraction of sp³-hybridized carbons (Fsp3) is 0.125. The van der Waals surface area contributed by atoms with E-state index in [1.807, 2.05) is 31.2 Å². The lowest BCUT2D eigenvalue weighted by Crippen LogP contribution is -2.04. The zero-order chi connectivity index (χ0) is 14.7. The van der Waals surface area contributed by atoms with Gasteiger partial charge in [0, 0.05) is 0 Å². The van der Waals surface area contributed by atoms with E-state index in [2.05, 4.69) is 0 Å². The van der Waals surface area contributed by atoms with Crippen LogP contribution in [0.4, 0.5) is 0 Å². The monoisotopic (exact) mass is 270 g/mol. The molecule has 0 fully saturated rings. The number of hydrogen-bond acceptors (Lipinski definition) is 2.